The van der Waals surface area contributed by atoms with Crippen LogP contribution in [0.1, 0.15) is 0 Å². The molecule has 0 aliphatic heterocycles. The molecule has 4 aromatic heterocycles. The summed E-state index contributed by atoms with van der Waals surface area (Å²) in [5.74, 6) is 0.658. The molecule has 0 bridgehead atoms. The lowest BCUT2D eigenvalue weighted by Crippen LogP contribution is -1.96. The van der Waals surface area contributed by atoms with Gasteiger partial charge in [-0.25, -0.2) is 15.0 Å². The minimum Gasteiger partial charge on any atom is -0.456 e. The molecule has 0 spiro atoms. The topological polar surface area (TPSA) is 65.0 Å². The lowest BCUT2D eigenvalue weighted by molar-refractivity contribution is 0.669. The maximum absolute atomic E-state index is 6.65. The maximum atomic E-state index is 6.65. The molecule has 5 heteroatoms. The van der Waals surface area contributed by atoms with Crippen LogP contribution >= 0.6 is 0 Å². The Morgan fingerprint density at radius 3 is 1.61 bits per heavy atom. The highest BCUT2D eigenvalue weighted by Gasteiger charge is 2.22. The number of benzene rings is 10. The number of nitrogens with zero attached hydrogens (tertiary/aromatic N) is 3. The van der Waals surface area contributed by atoms with Crippen LogP contribution in [-0.2, 0) is 0 Å². The summed E-state index contributed by atoms with van der Waals surface area (Å²) in [7, 11) is 0. The molecule has 70 heavy (non-hydrogen) atoms. The summed E-state index contributed by atoms with van der Waals surface area (Å²) in [6, 6.07) is 82.6. The fourth-order valence-corrected chi connectivity index (χ4v) is 10.4. The highest BCUT2D eigenvalue weighted by molar-refractivity contribution is 6.27. The van der Waals surface area contributed by atoms with E-state index < -0.39 is 0 Å². The molecule has 0 fully saturated rings. The second kappa shape index (κ2) is 16.1. The van der Waals surface area contributed by atoms with E-state index in [1.807, 2.05) is 42.5 Å². The van der Waals surface area contributed by atoms with Crippen molar-refractivity contribution in [3.05, 3.63) is 237 Å². The van der Waals surface area contributed by atoms with Crippen molar-refractivity contribution in [2.45, 2.75) is 0 Å². The van der Waals surface area contributed by atoms with Gasteiger partial charge in [0.25, 0.3) is 0 Å². The summed E-state index contributed by atoms with van der Waals surface area (Å²) in [6.07, 6.45) is 0. The van der Waals surface area contributed by atoms with Crippen LogP contribution in [0.25, 0.3) is 144 Å². The van der Waals surface area contributed by atoms with Crippen LogP contribution in [0.3, 0.4) is 0 Å². The van der Waals surface area contributed by atoms with Gasteiger partial charge in [-0.1, -0.05) is 200 Å². The first-order valence-electron chi connectivity index (χ1n) is 23.6. The van der Waals surface area contributed by atoms with E-state index in [1.54, 1.807) is 0 Å². The monoisotopic (exact) mass is 893 g/mol. The molecule has 0 saturated carbocycles. The molecule has 5 nitrogen and oxygen atoms in total. The SMILES string of the molecule is c1ccc(-c2cc(-c3ccc(-c4cccc5c4oc4ccccc45)cc3)nc(-c3cccc(-c4ccc(-c5c6c(cc7c(-c8ccccc8)nc8ccccc8c57)oc5ccccc56)cc4)c3)n2)cc1. The van der Waals surface area contributed by atoms with Gasteiger partial charge in [0.15, 0.2) is 5.82 Å². The van der Waals surface area contributed by atoms with Crippen LogP contribution < -0.4 is 0 Å². The second-order valence-electron chi connectivity index (χ2n) is 17.8. The summed E-state index contributed by atoms with van der Waals surface area (Å²) < 4.78 is 13.0. The minimum absolute atomic E-state index is 0.658. The summed E-state index contributed by atoms with van der Waals surface area (Å²) in [5.41, 5.74) is 17.6. The Bertz CT molecular complexity index is 4330. The molecular weight excluding hydrogens is 855 g/mol. The predicted molar refractivity (Wildman–Crippen MR) is 287 cm³/mol. The minimum atomic E-state index is 0.658. The summed E-state index contributed by atoms with van der Waals surface area (Å²) >= 11 is 0. The average Bonchev–Trinajstić information content (AvgIpc) is 4.01. The number of para-hydroxylation sites is 4. The molecular formula is C65H39N3O2. The van der Waals surface area contributed by atoms with Crippen molar-refractivity contribution in [2.24, 2.45) is 0 Å². The van der Waals surface area contributed by atoms with Crippen LogP contribution in [0.2, 0.25) is 0 Å². The van der Waals surface area contributed by atoms with E-state index in [0.29, 0.717) is 5.82 Å². The second-order valence-corrected chi connectivity index (χ2v) is 17.8. The first-order chi connectivity index (χ1) is 34.7. The number of hydrogen-bond donors (Lipinski definition) is 0. The van der Waals surface area contributed by atoms with Crippen molar-refractivity contribution in [3.8, 4) is 78.5 Å². The van der Waals surface area contributed by atoms with E-state index in [2.05, 4.69) is 194 Å². The highest BCUT2D eigenvalue weighted by Crippen LogP contribution is 2.47. The van der Waals surface area contributed by atoms with Gasteiger partial charge in [0.1, 0.15) is 22.3 Å². The molecule has 14 rings (SSSR count). The maximum Gasteiger partial charge on any atom is 0.160 e. The van der Waals surface area contributed by atoms with Gasteiger partial charge in [-0.05, 0) is 58.7 Å². The first kappa shape index (κ1) is 39.7. The van der Waals surface area contributed by atoms with Crippen molar-refractivity contribution in [1.82, 2.24) is 15.0 Å². The van der Waals surface area contributed by atoms with Gasteiger partial charge in [-0.15, -0.1) is 0 Å². The Labute approximate surface area is 402 Å². The van der Waals surface area contributed by atoms with E-state index >= 15 is 0 Å². The van der Waals surface area contributed by atoms with E-state index in [0.717, 1.165) is 138 Å². The van der Waals surface area contributed by atoms with E-state index in [-0.39, 0.29) is 0 Å². The van der Waals surface area contributed by atoms with Crippen LogP contribution in [0.4, 0.5) is 0 Å². The molecule has 4 heterocycles. The van der Waals surface area contributed by atoms with Crippen molar-refractivity contribution in [2.75, 3.05) is 0 Å². The molecule has 0 radical (unpaired) electrons. The van der Waals surface area contributed by atoms with E-state index in [1.165, 1.54) is 0 Å². The van der Waals surface area contributed by atoms with Gasteiger partial charge < -0.3 is 8.83 Å². The lowest BCUT2D eigenvalue weighted by atomic mass is 9.89. The van der Waals surface area contributed by atoms with Gasteiger partial charge in [0.05, 0.1) is 22.6 Å². The highest BCUT2D eigenvalue weighted by atomic mass is 16.3. The molecule has 0 atom stereocenters. The molecule has 14 aromatic rings. The normalized spacial score (nSPS) is 11.7. The third kappa shape index (κ3) is 6.59. The number of fused-ring (bicyclic) bond motifs is 9. The van der Waals surface area contributed by atoms with Crippen molar-refractivity contribution < 1.29 is 8.83 Å². The number of furan rings is 2. The van der Waals surface area contributed by atoms with Gasteiger partial charge in [-0.2, -0.15) is 0 Å². The molecule has 326 valence electrons. The third-order valence-electron chi connectivity index (χ3n) is 13.7. The summed E-state index contributed by atoms with van der Waals surface area (Å²) in [4.78, 5) is 15.7. The zero-order chi connectivity index (χ0) is 46.1. The quantitative estimate of drug-likeness (QED) is 0.149. The standard InChI is InChI=1S/C65H39N3O2/c1-3-15-42(16-4-1)55-39-56(43-33-31-41(32-34-43)48-24-14-25-50-49-21-8-11-27-57(49)70-64(48)50)68-65(67-55)47-20-13-19-46(37-47)40-29-35-44(36-30-40)60-61-51-22-7-10-26-54(51)66-63(45-17-5-2-6-18-45)53(61)38-59-62(60)52-23-9-12-28-58(52)69-59/h1-39H. The molecule has 0 aliphatic carbocycles. The zero-order valence-electron chi connectivity index (χ0n) is 37.7. The Kier molecular flexibility index (Phi) is 9.14. The number of hydrogen-bond acceptors (Lipinski definition) is 5. The van der Waals surface area contributed by atoms with Crippen LogP contribution in [0.5, 0.6) is 0 Å². The largest absolute Gasteiger partial charge is 0.456 e. The van der Waals surface area contributed by atoms with Gasteiger partial charge in [0, 0.05) is 71.1 Å². The molecule has 10 aromatic carbocycles. The van der Waals surface area contributed by atoms with Crippen LogP contribution in [0, 0.1) is 0 Å². The summed E-state index contributed by atoms with van der Waals surface area (Å²) in [5, 5.41) is 7.72. The van der Waals surface area contributed by atoms with Gasteiger partial charge in [-0.3, -0.25) is 0 Å². The Morgan fingerprint density at radius 2 is 0.843 bits per heavy atom. The average molecular weight is 894 g/mol. The molecule has 0 aliphatic rings. The molecule has 0 N–H and O–H groups in total. The van der Waals surface area contributed by atoms with Crippen LogP contribution in [-0.4, -0.2) is 15.0 Å². The number of rotatable bonds is 7. The fraction of sp³-hybridized carbons (Fsp3) is 0. The molecule has 0 amide bonds. The lowest BCUT2D eigenvalue weighted by Gasteiger charge is -2.16. The first-order valence-corrected chi connectivity index (χ1v) is 23.6. The van der Waals surface area contributed by atoms with Crippen molar-refractivity contribution in [1.29, 1.82) is 0 Å². The van der Waals surface area contributed by atoms with Crippen LogP contribution in [0.15, 0.2) is 245 Å². The van der Waals surface area contributed by atoms with E-state index in [9.17, 15) is 0 Å². The van der Waals surface area contributed by atoms with Gasteiger partial charge in [0.2, 0.25) is 0 Å². The summed E-state index contributed by atoms with van der Waals surface area (Å²) in [6.45, 7) is 0. The van der Waals surface area contributed by atoms with Crippen molar-refractivity contribution in [3.63, 3.8) is 0 Å². The van der Waals surface area contributed by atoms with Gasteiger partial charge >= 0.3 is 0 Å². The van der Waals surface area contributed by atoms with E-state index in [4.69, 9.17) is 23.8 Å². The smallest absolute Gasteiger partial charge is 0.160 e. The molecule has 0 unspecified atom stereocenters. The Morgan fingerprint density at radius 1 is 0.286 bits per heavy atom. The Balaban J connectivity index is 0.873. The number of pyridine rings is 1. The molecule has 0 saturated heterocycles. The number of aromatic nitrogens is 3. The van der Waals surface area contributed by atoms with Crippen molar-refractivity contribution >= 4 is 65.6 Å². The Hall–Kier alpha value is -9.45. The zero-order valence-corrected chi connectivity index (χ0v) is 37.7. The predicted octanol–water partition coefficient (Wildman–Crippen LogP) is 17.6. The fourth-order valence-electron chi connectivity index (χ4n) is 10.4. The third-order valence-corrected chi connectivity index (χ3v) is 13.7.